The van der Waals surface area contributed by atoms with Gasteiger partial charge in [0.25, 0.3) is 0 Å². The molecule has 0 unspecified atom stereocenters. The molecule has 0 aromatic carbocycles. The Morgan fingerprint density at radius 2 is 1.88 bits per heavy atom. The average molecular weight is 170 g/mol. The lowest BCUT2D eigenvalue weighted by atomic mass is 11.9. The summed E-state index contributed by atoms with van der Waals surface area (Å²) in [6.45, 7) is 2.13. The molecule has 50 valence electrons. The van der Waals surface area contributed by atoms with E-state index in [1.165, 1.54) is 0 Å². The molecule has 0 amide bonds. The Hall–Kier alpha value is 0.0106. The highest BCUT2D eigenvalue weighted by molar-refractivity contribution is 6.32. The van der Waals surface area contributed by atoms with Crippen LogP contribution >= 0.6 is 0 Å². The molecule has 2 N–H and O–H groups in total. The van der Waals surface area contributed by atoms with E-state index in [1.807, 2.05) is 0 Å². The van der Waals surface area contributed by atoms with E-state index >= 15 is 0 Å². The van der Waals surface area contributed by atoms with Gasteiger partial charge in [0.2, 0.25) is 0 Å². The second-order valence-corrected chi connectivity index (χ2v) is 4.31. The van der Waals surface area contributed by atoms with Crippen molar-refractivity contribution in [2.45, 2.75) is 6.55 Å². The van der Waals surface area contributed by atoms with Gasteiger partial charge in [-0.1, -0.05) is 6.55 Å². The highest BCUT2D eigenvalue weighted by Crippen LogP contribution is 1.45. The molecule has 7 heteroatoms. The first-order valence-electron chi connectivity index (χ1n) is 2.06. The van der Waals surface area contributed by atoms with Crippen molar-refractivity contribution >= 4 is 29.4 Å². The van der Waals surface area contributed by atoms with E-state index in [4.69, 9.17) is 18.2 Å². The van der Waals surface area contributed by atoms with Crippen molar-refractivity contribution in [2.24, 2.45) is 0 Å². The Balaban J connectivity index is 0. The van der Waals surface area contributed by atoms with Gasteiger partial charge in [0.1, 0.15) is 20.2 Å². The van der Waals surface area contributed by atoms with E-state index in [0.29, 0.717) is 0 Å². The first kappa shape index (κ1) is 10.9. The third-order valence-electron chi connectivity index (χ3n) is 0.289. The molecular formula is CH10O4Si3. The molecule has 0 fully saturated rings. The topological polar surface area (TPSA) is 66.8 Å². The normalized spacial score (nSPS) is 8.62. The van der Waals surface area contributed by atoms with Crippen LogP contribution in [0.5, 0.6) is 0 Å². The predicted octanol–water partition coefficient (Wildman–Crippen LogP) is -3.20. The Bertz CT molecular complexity index is 49.2. The zero-order chi connectivity index (χ0) is 6.99. The molecule has 0 aromatic heterocycles. The van der Waals surface area contributed by atoms with Gasteiger partial charge in [0, 0.05) is 0 Å². The predicted molar refractivity (Wildman–Crippen MR) is 36.3 cm³/mol. The minimum atomic E-state index is -3.13. The van der Waals surface area contributed by atoms with Gasteiger partial charge >= 0.3 is 9.17 Å². The molecule has 0 aliphatic carbocycles. The molecule has 0 aliphatic heterocycles. The maximum atomic E-state index is 8.74. The summed E-state index contributed by atoms with van der Waals surface area (Å²) in [6.07, 6.45) is 0. The molecule has 0 radical (unpaired) electrons. The van der Waals surface area contributed by atoms with E-state index in [0.717, 1.165) is 10.5 Å². The lowest BCUT2D eigenvalue weighted by Gasteiger charge is -1.76. The first-order chi connectivity index (χ1) is 3.65. The van der Waals surface area contributed by atoms with Gasteiger partial charge in [-0.15, -0.1) is 0 Å². The van der Waals surface area contributed by atoms with Crippen molar-refractivity contribution in [1.82, 2.24) is 0 Å². The highest BCUT2D eigenvalue weighted by Gasteiger charge is 1.85. The Morgan fingerprint density at radius 1 is 1.75 bits per heavy atom. The van der Waals surface area contributed by atoms with Crippen LogP contribution in [-0.4, -0.2) is 39.0 Å². The first-order valence-corrected chi connectivity index (χ1v) is 6.17. The van der Waals surface area contributed by atoms with E-state index in [2.05, 4.69) is 6.55 Å². The molecule has 8 heavy (non-hydrogen) atoms. The summed E-state index contributed by atoms with van der Waals surface area (Å²) in [6, 6.07) is 0. The molecular weight excluding hydrogens is 160 g/mol. The van der Waals surface area contributed by atoms with Gasteiger partial charge < -0.3 is 13.7 Å². The average Bonchev–Trinajstić information content (AvgIpc) is 1.65. The van der Waals surface area contributed by atoms with Gasteiger partial charge in [-0.3, -0.25) is 4.46 Å². The molecule has 0 aromatic rings. The summed E-state index contributed by atoms with van der Waals surface area (Å²) in [7, 11) is -2.19. The van der Waals surface area contributed by atoms with E-state index in [1.54, 1.807) is 0 Å². The molecule has 0 bridgehead atoms. The van der Waals surface area contributed by atoms with Crippen LogP contribution in [-0.2, 0) is 8.58 Å². The fraction of sp³-hybridized carbons (Fsp3) is 1.00. The molecule has 0 heterocycles. The van der Waals surface area contributed by atoms with Crippen LogP contribution in [0.4, 0.5) is 0 Å². The van der Waals surface area contributed by atoms with Gasteiger partial charge in [0.05, 0.1) is 0 Å². The maximum Gasteiger partial charge on any atom is 0.761 e. The zero-order valence-electron chi connectivity index (χ0n) is 4.92. The number of rotatable bonds is 1. The Labute approximate surface area is 54.9 Å². The van der Waals surface area contributed by atoms with Crippen molar-refractivity contribution in [3.63, 3.8) is 0 Å². The van der Waals surface area contributed by atoms with Crippen molar-refractivity contribution in [3.8, 4) is 0 Å². The SMILES string of the molecule is C[SiH2]O[SiH3].O=[Si](O)O. The molecule has 0 atom stereocenters. The zero-order valence-corrected chi connectivity index (χ0v) is 9.33. The molecule has 0 aliphatic rings. The maximum absolute atomic E-state index is 8.74. The summed E-state index contributed by atoms with van der Waals surface area (Å²) < 4.78 is 13.6. The van der Waals surface area contributed by atoms with Gasteiger partial charge in [-0.05, 0) is 0 Å². The third-order valence-corrected chi connectivity index (χ3v) is 2.60. The lowest BCUT2D eigenvalue weighted by molar-refractivity contribution is 0.330. The van der Waals surface area contributed by atoms with E-state index in [-0.39, 0.29) is 9.76 Å². The van der Waals surface area contributed by atoms with Gasteiger partial charge in [-0.2, -0.15) is 0 Å². The van der Waals surface area contributed by atoms with Crippen molar-refractivity contribution in [2.75, 3.05) is 0 Å². The van der Waals surface area contributed by atoms with Crippen molar-refractivity contribution in [1.29, 1.82) is 0 Å². The minimum Gasteiger partial charge on any atom is -0.511 e. The van der Waals surface area contributed by atoms with Crippen LogP contribution in [0.25, 0.3) is 0 Å². The van der Waals surface area contributed by atoms with Crippen LogP contribution in [0.3, 0.4) is 0 Å². The van der Waals surface area contributed by atoms with Crippen molar-refractivity contribution in [3.05, 3.63) is 0 Å². The number of hydrogen-bond donors (Lipinski definition) is 2. The smallest absolute Gasteiger partial charge is 0.511 e. The highest BCUT2D eigenvalue weighted by atomic mass is 28.3. The summed E-state index contributed by atoms with van der Waals surface area (Å²) >= 11 is 0. The fourth-order valence-electron chi connectivity index (χ4n) is 0. The molecule has 0 saturated heterocycles. The van der Waals surface area contributed by atoms with E-state index in [9.17, 15) is 0 Å². The van der Waals surface area contributed by atoms with Crippen LogP contribution in [0.1, 0.15) is 0 Å². The van der Waals surface area contributed by atoms with Crippen LogP contribution < -0.4 is 0 Å². The van der Waals surface area contributed by atoms with Gasteiger partial charge in [0.15, 0.2) is 0 Å². The summed E-state index contributed by atoms with van der Waals surface area (Å²) in [4.78, 5) is 14.3. The third kappa shape index (κ3) is 148. The van der Waals surface area contributed by atoms with Crippen LogP contribution in [0.2, 0.25) is 6.55 Å². The van der Waals surface area contributed by atoms with Crippen molar-refractivity contribution < 1.29 is 18.2 Å². The largest absolute Gasteiger partial charge is 0.761 e. The molecule has 4 nitrogen and oxygen atoms in total. The standard InChI is InChI=1S/CH8OSi2.H2O3Si/c1-4-2-3;1-4(2)3/h4H2,1,3H3;1-2H. The Kier molecular flexibility index (Phi) is 13.7. The summed E-state index contributed by atoms with van der Waals surface area (Å²) in [5.41, 5.74) is 0. The summed E-state index contributed by atoms with van der Waals surface area (Å²) in [5.74, 6) is 0. The quantitative estimate of drug-likeness (QED) is 0.407. The van der Waals surface area contributed by atoms with Crippen LogP contribution in [0.15, 0.2) is 0 Å². The van der Waals surface area contributed by atoms with Gasteiger partial charge in [-0.25, -0.2) is 0 Å². The summed E-state index contributed by atoms with van der Waals surface area (Å²) in [5, 5.41) is 0. The molecule has 0 spiro atoms. The molecule has 0 rings (SSSR count). The second-order valence-electron chi connectivity index (χ2n) is 0.860. The van der Waals surface area contributed by atoms with Crippen LogP contribution in [0, 0.1) is 0 Å². The Morgan fingerprint density at radius 3 is 1.88 bits per heavy atom. The monoisotopic (exact) mass is 170 g/mol. The number of hydrogen-bond acceptors (Lipinski definition) is 2. The van der Waals surface area contributed by atoms with E-state index < -0.39 is 9.17 Å². The lowest BCUT2D eigenvalue weighted by Crippen LogP contribution is -1.90. The second kappa shape index (κ2) is 10.1. The minimum absolute atomic E-state index is 0.0139. The fourth-order valence-corrected chi connectivity index (χ4v) is 0. The molecule has 0 saturated carbocycles.